The number of carbonyl (C=O) groups is 2. The molecule has 3 heteroatoms. The van der Waals surface area contributed by atoms with Crippen LogP contribution >= 0.6 is 0 Å². The van der Waals surface area contributed by atoms with Gasteiger partial charge in [0, 0.05) is 40.1 Å². The number of ketones is 2. The van der Waals surface area contributed by atoms with Crippen LogP contribution in [0, 0.1) is 0 Å². The summed E-state index contributed by atoms with van der Waals surface area (Å²) in [5.74, 6) is -0.333. The maximum Gasteiger partial charge on any atom is 0.190 e. The molecule has 0 radical (unpaired) electrons. The zero-order chi connectivity index (χ0) is 15.0. The molecule has 0 saturated carbocycles. The Bertz CT molecular complexity index is 760. The van der Waals surface area contributed by atoms with Gasteiger partial charge in [-0.25, -0.2) is 0 Å². The van der Waals surface area contributed by atoms with Gasteiger partial charge in [0.05, 0.1) is 0 Å². The van der Waals surface area contributed by atoms with Gasteiger partial charge in [-0.1, -0.05) is 37.3 Å². The van der Waals surface area contributed by atoms with Crippen molar-refractivity contribution in [2.45, 2.75) is 19.8 Å². The van der Waals surface area contributed by atoms with Crippen LogP contribution in [0.25, 0.3) is 0 Å². The summed E-state index contributed by atoms with van der Waals surface area (Å²) in [6.07, 6.45) is 1.70. The maximum absolute atomic E-state index is 12.7. The number of carbonyl (C=O) groups excluding carboxylic acids is 2. The molecule has 0 bridgehead atoms. The van der Waals surface area contributed by atoms with Crippen LogP contribution in [-0.2, 0) is 0 Å². The molecule has 1 aliphatic carbocycles. The van der Waals surface area contributed by atoms with Gasteiger partial charge in [0.2, 0.25) is 0 Å². The van der Waals surface area contributed by atoms with Crippen molar-refractivity contribution in [2.24, 2.45) is 0 Å². The first-order valence-corrected chi connectivity index (χ1v) is 6.91. The zero-order valence-electron chi connectivity index (χ0n) is 12.0. The van der Waals surface area contributed by atoms with Crippen LogP contribution in [0.1, 0.15) is 46.2 Å². The Morgan fingerprint density at radius 3 is 2.14 bits per heavy atom. The molecule has 104 valence electrons. The van der Waals surface area contributed by atoms with Crippen molar-refractivity contribution in [3.63, 3.8) is 0 Å². The van der Waals surface area contributed by atoms with E-state index < -0.39 is 0 Å². The highest BCUT2D eigenvalue weighted by Gasteiger charge is 2.32. The van der Waals surface area contributed by atoms with Crippen LogP contribution in [0.2, 0.25) is 0 Å². The molecule has 1 aromatic carbocycles. The highest BCUT2D eigenvalue weighted by atomic mass is 16.1. The summed E-state index contributed by atoms with van der Waals surface area (Å²) in [6, 6.07) is 12.6. The second-order valence-electron chi connectivity index (χ2n) is 5.22. The minimum atomic E-state index is -0.198. The maximum atomic E-state index is 12.7. The van der Waals surface area contributed by atoms with Gasteiger partial charge >= 0.3 is 0 Å². The number of pyridine rings is 1. The van der Waals surface area contributed by atoms with Gasteiger partial charge in [-0.3, -0.25) is 14.6 Å². The normalized spacial score (nSPS) is 15.9. The van der Waals surface area contributed by atoms with Crippen LogP contribution < -0.4 is 0 Å². The summed E-state index contributed by atoms with van der Waals surface area (Å²) < 4.78 is 0. The second-order valence-corrected chi connectivity index (χ2v) is 5.22. The summed E-state index contributed by atoms with van der Waals surface area (Å²) >= 11 is 0. The Balaban J connectivity index is 2.13. The molecule has 1 atom stereocenters. The van der Waals surface area contributed by atoms with Crippen molar-refractivity contribution in [1.29, 1.82) is 0 Å². The predicted octanol–water partition coefficient (Wildman–Crippen LogP) is 3.58. The van der Waals surface area contributed by atoms with Gasteiger partial charge in [0.15, 0.2) is 11.6 Å². The van der Waals surface area contributed by atoms with Crippen molar-refractivity contribution in [1.82, 2.24) is 4.98 Å². The zero-order valence-corrected chi connectivity index (χ0v) is 12.0. The third-order valence-corrected chi connectivity index (χ3v) is 3.97. The number of hydrogen-bond donors (Lipinski definition) is 0. The average Bonchev–Trinajstić information content (AvgIpc) is 2.53. The number of aromatic nitrogens is 1. The molecule has 3 rings (SSSR count). The molecule has 0 N–H and O–H groups in total. The van der Waals surface area contributed by atoms with E-state index in [-0.39, 0.29) is 17.5 Å². The van der Waals surface area contributed by atoms with E-state index in [0.29, 0.717) is 22.3 Å². The highest BCUT2D eigenvalue weighted by molar-refractivity contribution is 6.27. The average molecular weight is 277 g/mol. The topological polar surface area (TPSA) is 47.0 Å². The van der Waals surface area contributed by atoms with E-state index in [2.05, 4.69) is 4.98 Å². The molecule has 1 unspecified atom stereocenters. The monoisotopic (exact) mass is 277 g/mol. The number of fused-ring (bicyclic) bond motifs is 1. The summed E-state index contributed by atoms with van der Waals surface area (Å²) in [6.45, 7) is 3.64. The van der Waals surface area contributed by atoms with Crippen molar-refractivity contribution in [3.05, 3.63) is 76.6 Å². The number of hydrogen-bond acceptors (Lipinski definition) is 3. The van der Waals surface area contributed by atoms with Crippen molar-refractivity contribution < 1.29 is 9.59 Å². The van der Waals surface area contributed by atoms with Gasteiger partial charge in [-0.2, -0.15) is 0 Å². The van der Waals surface area contributed by atoms with Gasteiger partial charge in [-0.05, 0) is 19.1 Å². The van der Waals surface area contributed by atoms with E-state index in [1.54, 1.807) is 37.4 Å². The molecular weight excluding hydrogens is 262 g/mol. The van der Waals surface area contributed by atoms with E-state index in [9.17, 15) is 9.59 Å². The van der Waals surface area contributed by atoms with Crippen molar-refractivity contribution in [2.75, 3.05) is 0 Å². The van der Waals surface area contributed by atoms with Gasteiger partial charge < -0.3 is 0 Å². The molecule has 21 heavy (non-hydrogen) atoms. The van der Waals surface area contributed by atoms with Crippen molar-refractivity contribution >= 4 is 11.6 Å². The van der Waals surface area contributed by atoms with Crippen LogP contribution in [0.3, 0.4) is 0 Å². The standard InChI is InChI=1S/C18H15NO2/c1-11(15-9-5-6-10-19-15)16-12(2)17(20)13-7-3-4-8-14(13)18(16)21/h3-11H,1-2H3. The Morgan fingerprint density at radius 2 is 1.52 bits per heavy atom. The number of rotatable bonds is 2. The lowest BCUT2D eigenvalue weighted by molar-refractivity contribution is 0.0970. The first-order valence-electron chi connectivity index (χ1n) is 6.91. The predicted molar refractivity (Wildman–Crippen MR) is 80.5 cm³/mol. The molecule has 2 aromatic rings. The summed E-state index contributed by atoms with van der Waals surface area (Å²) in [5.41, 5.74) is 2.87. The molecule has 1 aliphatic rings. The highest BCUT2D eigenvalue weighted by Crippen LogP contribution is 2.34. The van der Waals surface area contributed by atoms with E-state index >= 15 is 0 Å². The number of allylic oxidation sites excluding steroid dienone is 2. The molecule has 3 nitrogen and oxygen atoms in total. The largest absolute Gasteiger partial charge is 0.289 e. The summed E-state index contributed by atoms with van der Waals surface area (Å²) in [7, 11) is 0. The molecular formula is C18H15NO2. The van der Waals surface area contributed by atoms with Crippen molar-refractivity contribution in [3.8, 4) is 0 Å². The van der Waals surface area contributed by atoms with Crippen LogP contribution in [0.4, 0.5) is 0 Å². The molecule has 1 aromatic heterocycles. The van der Waals surface area contributed by atoms with Crippen LogP contribution in [0.5, 0.6) is 0 Å². The minimum absolute atomic E-state index is 0.0667. The Kier molecular flexibility index (Phi) is 3.26. The first kappa shape index (κ1) is 13.4. The fraction of sp³-hybridized carbons (Fsp3) is 0.167. The third kappa shape index (κ3) is 2.11. The van der Waals surface area contributed by atoms with Crippen LogP contribution in [-0.4, -0.2) is 16.6 Å². The molecule has 0 amide bonds. The van der Waals surface area contributed by atoms with Crippen LogP contribution in [0.15, 0.2) is 59.8 Å². The third-order valence-electron chi connectivity index (χ3n) is 3.97. The lowest BCUT2D eigenvalue weighted by Crippen LogP contribution is -2.24. The fourth-order valence-electron chi connectivity index (χ4n) is 2.82. The molecule has 0 saturated heterocycles. The van der Waals surface area contributed by atoms with E-state index in [4.69, 9.17) is 0 Å². The number of nitrogens with zero attached hydrogens (tertiary/aromatic N) is 1. The van der Waals surface area contributed by atoms with Gasteiger partial charge in [0.25, 0.3) is 0 Å². The summed E-state index contributed by atoms with van der Waals surface area (Å²) in [4.78, 5) is 29.5. The Labute approximate surface area is 123 Å². The lowest BCUT2D eigenvalue weighted by atomic mass is 9.79. The quantitative estimate of drug-likeness (QED) is 0.843. The smallest absolute Gasteiger partial charge is 0.190 e. The number of Topliss-reactive ketones (excluding diaryl/α,β-unsaturated/α-hetero) is 2. The molecule has 1 heterocycles. The number of benzene rings is 1. The molecule has 0 aliphatic heterocycles. The SMILES string of the molecule is CC1=C(C(C)c2ccccn2)C(=O)c2ccccc2C1=O. The second kappa shape index (κ2) is 5.09. The molecule has 0 fully saturated rings. The summed E-state index contributed by atoms with van der Waals surface area (Å²) in [5, 5.41) is 0. The minimum Gasteiger partial charge on any atom is -0.289 e. The van der Waals surface area contributed by atoms with E-state index in [1.807, 2.05) is 25.1 Å². The fourth-order valence-corrected chi connectivity index (χ4v) is 2.82. The van der Waals surface area contributed by atoms with Gasteiger partial charge in [-0.15, -0.1) is 0 Å². The Hall–Kier alpha value is -2.55. The lowest BCUT2D eigenvalue weighted by Gasteiger charge is -2.23. The Morgan fingerprint density at radius 1 is 0.905 bits per heavy atom. The van der Waals surface area contributed by atoms with Gasteiger partial charge in [0.1, 0.15) is 0 Å². The first-order chi connectivity index (χ1) is 10.1. The van der Waals surface area contributed by atoms with E-state index in [0.717, 1.165) is 5.69 Å². The molecule has 0 spiro atoms. The van der Waals surface area contributed by atoms with E-state index in [1.165, 1.54) is 0 Å².